The third-order valence-electron chi connectivity index (χ3n) is 6.14. The fourth-order valence-corrected chi connectivity index (χ4v) is 6.36. The predicted octanol–water partition coefficient (Wildman–Crippen LogP) is 2.71. The highest BCUT2D eigenvalue weighted by molar-refractivity contribution is 7.98. The van der Waals surface area contributed by atoms with Crippen LogP contribution in [0, 0.1) is 5.92 Å². The lowest BCUT2D eigenvalue weighted by molar-refractivity contribution is -0.274. The number of nitrogens with one attached hydrogen (secondary N) is 2. The van der Waals surface area contributed by atoms with Crippen molar-refractivity contribution in [1.82, 2.24) is 10.6 Å². The number of nitrogens with two attached hydrogens (primary N) is 2. The third-order valence-corrected chi connectivity index (χ3v) is 8.75. The highest BCUT2D eigenvalue weighted by Gasteiger charge is 2.34. The summed E-state index contributed by atoms with van der Waals surface area (Å²) in [7, 11) is -3.63. The molecule has 1 aliphatic rings. The summed E-state index contributed by atoms with van der Waals surface area (Å²) in [6.07, 6.45) is -1.62. The van der Waals surface area contributed by atoms with E-state index in [1.165, 1.54) is 11.8 Å². The van der Waals surface area contributed by atoms with E-state index < -0.39 is 52.3 Å². The molecule has 2 aromatic rings. The summed E-state index contributed by atoms with van der Waals surface area (Å²) in [5.41, 5.74) is 11.4. The first-order valence-corrected chi connectivity index (χ1v) is 14.5. The Hall–Kier alpha value is -2.97. The zero-order valence-electron chi connectivity index (χ0n) is 20.5. The number of sulfone groups is 1. The number of rotatable bonds is 9. The molecule has 0 bridgehead atoms. The van der Waals surface area contributed by atoms with Crippen LogP contribution in [-0.2, 0) is 14.6 Å². The molecule has 9 nitrogen and oxygen atoms in total. The topological polar surface area (TPSA) is 154 Å². The second-order valence-corrected chi connectivity index (χ2v) is 11.9. The highest BCUT2D eigenvalue weighted by Crippen LogP contribution is 2.29. The van der Waals surface area contributed by atoms with E-state index in [4.69, 9.17) is 11.5 Å². The molecule has 14 heteroatoms. The fourth-order valence-electron chi connectivity index (χ4n) is 4.25. The van der Waals surface area contributed by atoms with E-state index in [9.17, 15) is 31.2 Å². The second kappa shape index (κ2) is 12.3. The molecule has 0 aromatic heterocycles. The number of thioether (sulfide) groups is 1. The van der Waals surface area contributed by atoms with E-state index in [1.807, 2.05) is 6.26 Å². The Morgan fingerprint density at radius 2 is 1.82 bits per heavy atom. The Balaban J connectivity index is 1.63. The van der Waals surface area contributed by atoms with E-state index in [-0.39, 0.29) is 27.9 Å². The van der Waals surface area contributed by atoms with Crippen molar-refractivity contribution in [2.45, 2.75) is 47.5 Å². The van der Waals surface area contributed by atoms with E-state index in [2.05, 4.69) is 15.4 Å². The zero-order valence-corrected chi connectivity index (χ0v) is 22.1. The van der Waals surface area contributed by atoms with Gasteiger partial charge in [-0.05, 0) is 73.9 Å². The maximum Gasteiger partial charge on any atom is 0.573 e. The van der Waals surface area contributed by atoms with Gasteiger partial charge in [-0.2, -0.15) is 0 Å². The molecule has 2 amide bonds. The minimum Gasteiger partial charge on any atom is -0.406 e. The molecule has 0 saturated heterocycles. The van der Waals surface area contributed by atoms with Gasteiger partial charge in [-0.15, -0.1) is 24.9 Å². The summed E-state index contributed by atoms with van der Waals surface area (Å²) in [5, 5.41) is 5.06. The molecule has 3 atom stereocenters. The number of halogens is 3. The first-order valence-electron chi connectivity index (χ1n) is 11.6. The summed E-state index contributed by atoms with van der Waals surface area (Å²) in [5.74, 6) is -2.70. The van der Waals surface area contributed by atoms with Gasteiger partial charge in [-0.3, -0.25) is 9.59 Å². The van der Waals surface area contributed by atoms with Crippen molar-refractivity contribution in [1.29, 1.82) is 0 Å². The number of amides is 2. The van der Waals surface area contributed by atoms with Gasteiger partial charge >= 0.3 is 6.36 Å². The van der Waals surface area contributed by atoms with E-state index in [1.54, 1.807) is 24.3 Å². The molecule has 1 saturated carbocycles. The van der Waals surface area contributed by atoms with Gasteiger partial charge in [0.1, 0.15) is 5.75 Å². The Labute approximate surface area is 222 Å². The van der Waals surface area contributed by atoms with Gasteiger partial charge in [0.15, 0.2) is 9.84 Å². The molecular weight excluding hydrogens is 545 g/mol. The zero-order chi connectivity index (χ0) is 28.1. The van der Waals surface area contributed by atoms with Crippen LogP contribution in [0.5, 0.6) is 5.75 Å². The molecule has 0 spiro atoms. The average molecular weight is 575 g/mol. The number of carbonyl (C=O) groups excluding carboxylic acids is 2. The molecule has 0 heterocycles. The standard InChI is InChI=1S/C24H29F3N4O5S2/c1-37-17-5-7-18(8-6-17)38(34,35)13-14-2-3-15(28)10-21(14)31-22(32)12-30-23(33)19-11-16(4-9-20(19)29)36-24(25,26)27/h4-9,11,14-15,21H,2-3,10,12-13,28-29H2,1H3,(H,30,33)(H,31,32)/t14-,15+,21-/m0/s1. The van der Waals surface area contributed by atoms with E-state index in [0.29, 0.717) is 19.3 Å². The fraction of sp³-hybridized carbons (Fsp3) is 0.417. The van der Waals surface area contributed by atoms with Gasteiger partial charge in [0.25, 0.3) is 5.91 Å². The van der Waals surface area contributed by atoms with E-state index >= 15 is 0 Å². The maximum atomic E-state index is 13.0. The molecule has 1 fully saturated rings. The van der Waals surface area contributed by atoms with Gasteiger partial charge < -0.3 is 26.8 Å². The van der Waals surface area contributed by atoms with E-state index in [0.717, 1.165) is 23.1 Å². The molecule has 0 aliphatic heterocycles. The van der Waals surface area contributed by atoms with Crippen LogP contribution in [0.3, 0.4) is 0 Å². The van der Waals surface area contributed by atoms with Gasteiger partial charge in [0, 0.05) is 22.7 Å². The SMILES string of the molecule is CSc1ccc(S(=O)(=O)C[C@@H]2CC[C@@H](N)C[C@@H]2NC(=O)CNC(=O)c2cc(OC(F)(F)F)ccc2N)cc1. The minimum atomic E-state index is -4.95. The van der Waals surface area contributed by atoms with Gasteiger partial charge in [0.2, 0.25) is 5.91 Å². The van der Waals surface area contributed by atoms with Gasteiger partial charge in [-0.25, -0.2) is 8.42 Å². The minimum absolute atomic E-state index is 0.105. The van der Waals surface area contributed by atoms with Crippen LogP contribution in [0.4, 0.5) is 18.9 Å². The normalized spacial score (nSPS) is 20.0. The van der Waals surface area contributed by atoms with Crippen LogP contribution in [0.15, 0.2) is 52.3 Å². The first-order chi connectivity index (χ1) is 17.8. The monoisotopic (exact) mass is 574 g/mol. The highest BCUT2D eigenvalue weighted by atomic mass is 32.2. The van der Waals surface area contributed by atoms with Crippen molar-refractivity contribution in [2.24, 2.45) is 11.7 Å². The summed E-state index contributed by atoms with van der Waals surface area (Å²) in [4.78, 5) is 26.2. The lowest BCUT2D eigenvalue weighted by atomic mass is 9.83. The summed E-state index contributed by atoms with van der Waals surface area (Å²) in [6.45, 7) is -0.510. The first kappa shape index (κ1) is 29.6. The van der Waals surface area contributed by atoms with Crippen molar-refractivity contribution in [3.63, 3.8) is 0 Å². The third kappa shape index (κ3) is 8.27. The van der Waals surface area contributed by atoms with Crippen molar-refractivity contribution >= 4 is 39.1 Å². The number of nitrogen functional groups attached to an aromatic ring is 1. The number of anilines is 1. The van der Waals surface area contributed by atoms with Crippen LogP contribution in [-0.4, -0.2) is 57.2 Å². The number of carbonyl (C=O) groups is 2. The van der Waals surface area contributed by atoms with Gasteiger partial charge in [0.05, 0.1) is 22.8 Å². The van der Waals surface area contributed by atoms with Crippen molar-refractivity contribution in [2.75, 3.05) is 24.3 Å². The van der Waals surface area contributed by atoms with Crippen LogP contribution < -0.4 is 26.8 Å². The molecule has 1 aliphatic carbocycles. The van der Waals surface area contributed by atoms with Crippen LogP contribution in [0.2, 0.25) is 0 Å². The number of hydrogen-bond acceptors (Lipinski definition) is 8. The second-order valence-electron chi connectivity index (χ2n) is 8.94. The number of alkyl halides is 3. The number of ether oxygens (including phenoxy) is 1. The Bertz CT molecular complexity index is 1260. The van der Waals surface area contributed by atoms with Gasteiger partial charge in [-0.1, -0.05) is 0 Å². The Morgan fingerprint density at radius 3 is 2.45 bits per heavy atom. The molecule has 38 heavy (non-hydrogen) atoms. The quantitative estimate of drug-likeness (QED) is 0.263. The van der Waals surface area contributed by atoms with Crippen molar-refractivity contribution in [3.8, 4) is 5.75 Å². The van der Waals surface area contributed by atoms with Crippen LogP contribution in [0.1, 0.15) is 29.6 Å². The Kier molecular flexibility index (Phi) is 9.54. The van der Waals surface area contributed by atoms with Crippen molar-refractivity contribution < 1.29 is 35.9 Å². The molecule has 3 rings (SSSR count). The molecule has 208 valence electrons. The molecule has 0 unspecified atom stereocenters. The average Bonchev–Trinajstić information content (AvgIpc) is 2.84. The lowest BCUT2D eigenvalue weighted by Gasteiger charge is -2.35. The van der Waals surface area contributed by atoms with Crippen LogP contribution >= 0.6 is 11.8 Å². The molecule has 0 radical (unpaired) electrons. The molecule has 2 aromatic carbocycles. The molecular formula is C24H29F3N4O5S2. The lowest BCUT2D eigenvalue weighted by Crippen LogP contribution is -2.51. The smallest absolute Gasteiger partial charge is 0.406 e. The summed E-state index contributed by atoms with van der Waals surface area (Å²) < 4.78 is 67.3. The largest absolute Gasteiger partial charge is 0.573 e. The maximum absolute atomic E-state index is 13.0. The van der Waals surface area contributed by atoms with Crippen molar-refractivity contribution in [3.05, 3.63) is 48.0 Å². The number of hydrogen-bond donors (Lipinski definition) is 4. The summed E-state index contributed by atoms with van der Waals surface area (Å²) in [6, 6.07) is 8.66. The molecule has 6 N–H and O–H groups in total. The predicted molar refractivity (Wildman–Crippen MR) is 137 cm³/mol. The van der Waals surface area contributed by atoms with Crippen LogP contribution in [0.25, 0.3) is 0 Å². The number of benzene rings is 2. The summed E-state index contributed by atoms with van der Waals surface area (Å²) >= 11 is 1.50. The Morgan fingerprint density at radius 1 is 1.13 bits per heavy atom.